The van der Waals surface area contributed by atoms with Crippen molar-refractivity contribution in [1.29, 1.82) is 0 Å². The van der Waals surface area contributed by atoms with Crippen molar-refractivity contribution >= 4 is 23.6 Å². The Morgan fingerprint density at radius 1 is 1.12 bits per heavy atom. The molecule has 1 rings (SSSR count). The summed E-state index contributed by atoms with van der Waals surface area (Å²) in [6.07, 6.45) is 3.69. The third-order valence-electron chi connectivity index (χ3n) is 3.88. The lowest BCUT2D eigenvalue weighted by Gasteiger charge is -2.13. The molecule has 0 aliphatic carbocycles. The van der Waals surface area contributed by atoms with E-state index < -0.39 is 11.8 Å². The Kier molecular flexibility index (Phi) is 10.2. The lowest BCUT2D eigenvalue weighted by Crippen LogP contribution is -2.40. The minimum Gasteiger partial charge on any atom is -0.379 e. The van der Waals surface area contributed by atoms with Crippen LogP contribution in [-0.4, -0.2) is 61.4 Å². The van der Waals surface area contributed by atoms with Crippen LogP contribution in [-0.2, 0) is 23.9 Å². The summed E-state index contributed by atoms with van der Waals surface area (Å²) in [5.74, 6) is -0.724. The Balaban J connectivity index is 1.96. The van der Waals surface area contributed by atoms with Crippen LogP contribution in [0.25, 0.3) is 0 Å². The molecular weight excluding hydrogens is 340 g/mol. The highest BCUT2D eigenvalue weighted by atomic mass is 16.5. The zero-order valence-corrected chi connectivity index (χ0v) is 15.4. The second-order valence-electron chi connectivity index (χ2n) is 6.07. The number of rotatable bonds is 13. The zero-order chi connectivity index (χ0) is 19.4. The van der Waals surface area contributed by atoms with Crippen LogP contribution in [0.4, 0.5) is 0 Å². The Hall–Kier alpha value is -2.26. The summed E-state index contributed by atoms with van der Waals surface area (Å²) in [6.45, 7) is 5.79. The summed E-state index contributed by atoms with van der Waals surface area (Å²) >= 11 is 0. The highest BCUT2D eigenvalue weighted by Gasteiger charge is 2.23. The Labute approximate surface area is 153 Å². The fourth-order valence-electron chi connectivity index (χ4n) is 2.01. The quantitative estimate of drug-likeness (QED) is 0.229. The normalized spacial score (nSPS) is 14.6. The fraction of sp³-hybridized carbons (Fsp3) is 0.647. The molecule has 1 heterocycles. The van der Waals surface area contributed by atoms with Crippen molar-refractivity contribution in [2.45, 2.75) is 33.1 Å². The minimum absolute atomic E-state index is 0.0451. The maximum Gasteiger partial charge on any atom is 0.253 e. The first kappa shape index (κ1) is 21.8. The number of hydrogen-bond donors (Lipinski definition) is 3. The number of nitrogens with zero attached hydrogens (tertiary/aromatic N) is 1. The van der Waals surface area contributed by atoms with E-state index in [4.69, 9.17) is 4.74 Å². The average Bonchev–Trinajstić information content (AvgIpc) is 2.94. The molecular formula is C17H28N4O5. The monoisotopic (exact) mass is 368 g/mol. The summed E-state index contributed by atoms with van der Waals surface area (Å²) < 4.78 is 5.28. The van der Waals surface area contributed by atoms with Crippen molar-refractivity contribution in [2.24, 2.45) is 5.92 Å². The van der Waals surface area contributed by atoms with Crippen LogP contribution in [0.2, 0.25) is 0 Å². The molecule has 26 heavy (non-hydrogen) atoms. The topological polar surface area (TPSA) is 117 Å². The lowest BCUT2D eigenvalue weighted by atomic mass is 10.1. The van der Waals surface area contributed by atoms with E-state index in [1.54, 1.807) is 0 Å². The van der Waals surface area contributed by atoms with Gasteiger partial charge >= 0.3 is 0 Å². The van der Waals surface area contributed by atoms with Gasteiger partial charge in [-0.3, -0.25) is 29.5 Å². The van der Waals surface area contributed by atoms with Gasteiger partial charge in [0.05, 0.1) is 19.6 Å². The van der Waals surface area contributed by atoms with Gasteiger partial charge in [0, 0.05) is 38.2 Å². The van der Waals surface area contributed by atoms with Crippen molar-refractivity contribution in [1.82, 2.24) is 21.1 Å². The van der Waals surface area contributed by atoms with Crippen LogP contribution in [0.5, 0.6) is 0 Å². The van der Waals surface area contributed by atoms with Crippen molar-refractivity contribution in [3.63, 3.8) is 0 Å². The Bertz CT molecular complexity index is 517. The zero-order valence-electron chi connectivity index (χ0n) is 15.4. The molecule has 0 fully saturated rings. The summed E-state index contributed by atoms with van der Waals surface area (Å²) in [6, 6.07) is 0. The standard InChI is InChI=1S/C17H28N4O5/c1-3-13(2)12-19-20-15(23)7-10-26-11-8-18-14(22)6-9-21-16(24)4-5-17(21)25/h4-5,13,19H,3,6-12H2,1-2H3,(H,18,22)(H,20,23). The molecule has 0 saturated carbocycles. The van der Waals surface area contributed by atoms with Crippen molar-refractivity contribution in [2.75, 3.05) is 32.8 Å². The molecule has 0 saturated heterocycles. The van der Waals surface area contributed by atoms with E-state index in [1.807, 2.05) is 0 Å². The predicted molar refractivity (Wildman–Crippen MR) is 94.5 cm³/mol. The van der Waals surface area contributed by atoms with Crippen molar-refractivity contribution < 1.29 is 23.9 Å². The van der Waals surface area contributed by atoms with E-state index in [0.717, 1.165) is 17.9 Å². The van der Waals surface area contributed by atoms with Gasteiger partial charge in [0.2, 0.25) is 11.8 Å². The van der Waals surface area contributed by atoms with Gasteiger partial charge in [-0.05, 0) is 5.92 Å². The molecule has 0 spiro atoms. The first-order valence-corrected chi connectivity index (χ1v) is 8.83. The van der Waals surface area contributed by atoms with Gasteiger partial charge in [-0.1, -0.05) is 20.3 Å². The van der Waals surface area contributed by atoms with Gasteiger partial charge in [-0.25, -0.2) is 5.43 Å². The molecule has 9 heteroatoms. The molecule has 1 aliphatic rings. The molecule has 0 aromatic heterocycles. The summed E-state index contributed by atoms with van der Waals surface area (Å²) in [5.41, 5.74) is 5.48. The largest absolute Gasteiger partial charge is 0.379 e. The number of imide groups is 1. The minimum atomic E-state index is -0.400. The molecule has 1 atom stereocenters. The maximum atomic E-state index is 11.6. The molecule has 1 unspecified atom stereocenters. The van der Waals surface area contributed by atoms with Gasteiger partial charge in [-0.2, -0.15) is 0 Å². The first-order valence-electron chi connectivity index (χ1n) is 8.83. The molecule has 0 aromatic rings. The van der Waals surface area contributed by atoms with E-state index in [2.05, 4.69) is 30.0 Å². The number of nitrogens with one attached hydrogen (secondary N) is 3. The number of ether oxygens (including phenoxy) is 1. The molecule has 9 nitrogen and oxygen atoms in total. The van der Waals surface area contributed by atoms with Crippen LogP contribution in [0.15, 0.2) is 12.2 Å². The highest BCUT2D eigenvalue weighted by molar-refractivity contribution is 6.13. The van der Waals surface area contributed by atoms with Gasteiger partial charge in [0.15, 0.2) is 0 Å². The van der Waals surface area contributed by atoms with E-state index in [9.17, 15) is 19.2 Å². The molecule has 4 amide bonds. The van der Waals surface area contributed by atoms with Crippen LogP contribution < -0.4 is 16.2 Å². The third-order valence-corrected chi connectivity index (χ3v) is 3.88. The second-order valence-corrected chi connectivity index (χ2v) is 6.07. The number of carbonyl (C=O) groups excluding carboxylic acids is 4. The van der Waals surface area contributed by atoms with Crippen LogP contribution >= 0.6 is 0 Å². The number of hydrazine groups is 1. The summed E-state index contributed by atoms with van der Waals surface area (Å²) in [5, 5.41) is 2.63. The van der Waals surface area contributed by atoms with Crippen molar-refractivity contribution in [3.05, 3.63) is 12.2 Å². The maximum absolute atomic E-state index is 11.6. The first-order chi connectivity index (χ1) is 12.4. The highest BCUT2D eigenvalue weighted by Crippen LogP contribution is 2.03. The van der Waals surface area contributed by atoms with Gasteiger partial charge in [0.1, 0.15) is 0 Å². The molecule has 146 valence electrons. The summed E-state index contributed by atoms with van der Waals surface area (Å²) in [7, 11) is 0. The third kappa shape index (κ3) is 8.72. The van der Waals surface area contributed by atoms with Gasteiger partial charge in [-0.15, -0.1) is 0 Å². The Morgan fingerprint density at radius 2 is 1.81 bits per heavy atom. The predicted octanol–water partition coefficient (Wildman–Crippen LogP) is -0.509. The van der Waals surface area contributed by atoms with Crippen molar-refractivity contribution in [3.8, 4) is 0 Å². The van der Waals surface area contributed by atoms with Gasteiger partial charge in [0.25, 0.3) is 11.8 Å². The van der Waals surface area contributed by atoms with Crippen LogP contribution in [0.3, 0.4) is 0 Å². The van der Waals surface area contributed by atoms with E-state index in [-0.39, 0.29) is 44.4 Å². The number of carbonyl (C=O) groups is 4. The fourth-order valence-corrected chi connectivity index (χ4v) is 2.01. The van der Waals surface area contributed by atoms with E-state index in [1.165, 1.54) is 12.2 Å². The van der Waals surface area contributed by atoms with Crippen LogP contribution in [0.1, 0.15) is 33.1 Å². The number of hydrogen-bond acceptors (Lipinski definition) is 6. The lowest BCUT2D eigenvalue weighted by molar-refractivity contribution is -0.137. The average molecular weight is 368 g/mol. The second kappa shape index (κ2) is 12.2. The Morgan fingerprint density at radius 3 is 2.46 bits per heavy atom. The smallest absolute Gasteiger partial charge is 0.253 e. The number of amides is 4. The summed E-state index contributed by atoms with van der Waals surface area (Å²) in [4.78, 5) is 46.8. The molecule has 1 aliphatic heterocycles. The molecule has 0 aromatic carbocycles. The van der Waals surface area contributed by atoms with E-state index >= 15 is 0 Å². The molecule has 0 radical (unpaired) electrons. The van der Waals surface area contributed by atoms with Gasteiger partial charge < -0.3 is 10.1 Å². The molecule has 0 bridgehead atoms. The SMILES string of the molecule is CCC(C)CNNC(=O)CCOCCNC(=O)CCN1C(=O)C=CC1=O. The van der Waals surface area contributed by atoms with Crippen LogP contribution in [0, 0.1) is 5.92 Å². The van der Waals surface area contributed by atoms with E-state index in [0.29, 0.717) is 12.5 Å². The molecule has 3 N–H and O–H groups in total.